The number of halogens is 5. The Bertz CT molecular complexity index is 2000. The number of fused-ring (bicyclic) bond motifs is 1. The normalized spacial score (nSPS) is 12.0. The molecule has 0 saturated heterocycles. The fraction of sp³-hybridized carbons (Fsp3) is 0.154. The van der Waals surface area contributed by atoms with Gasteiger partial charge in [-0.1, -0.05) is 0 Å². The van der Waals surface area contributed by atoms with Crippen molar-refractivity contribution in [1.29, 1.82) is 0 Å². The number of rotatable bonds is 9. The minimum Gasteiger partial charge on any atom is -0.485 e. The molecule has 11 nitrogen and oxygen atoms in total. The van der Waals surface area contributed by atoms with Crippen LogP contribution in [0.15, 0.2) is 76.9 Å². The number of methoxy groups -OCH3 is 1. The second-order valence-electron chi connectivity index (χ2n) is 8.84. The van der Waals surface area contributed by atoms with E-state index < -0.39 is 44.0 Å². The average Bonchev–Trinajstić information content (AvgIpc) is 3.43. The molecule has 224 valence electrons. The third-order valence-electron chi connectivity index (χ3n) is 5.99. The Hall–Kier alpha value is -5.06. The number of sulfonamides is 1. The van der Waals surface area contributed by atoms with Crippen molar-refractivity contribution >= 4 is 21.4 Å². The second kappa shape index (κ2) is 11.3. The van der Waals surface area contributed by atoms with Crippen molar-refractivity contribution in [1.82, 2.24) is 24.1 Å². The van der Waals surface area contributed by atoms with Crippen molar-refractivity contribution in [3.05, 3.63) is 94.9 Å². The molecule has 0 amide bonds. The predicted octanol–water partition coefficient (Wildman–Crippen LogP) is 4.14. The molecular formula is C26H19F5N6O5S. The lowest BCUT2D eigenvalue weighted by molar-refractivity contribution is -0.141. The van der Waals surface area contributed by atoms with Crippen LogP contribution < -0.4 is 19.8 Å². The van der Waals surface area contributed by atoms with Crippen LogP contribution >= 0.6 is 0 Å². The molecule has 5 aromatic rings. The number of hydrogen-bond acceptors (Lipinski definition) is 8. The first-order chi connectivity index (χ1) is 20.4. The predicted molar refractivity (Wildman–Crippen MR) is 141 cm³/mol. The van der Waals surface area contributed by atoms with Crippen molar-refractivity contribution in [3.63, 3.8) is 0 Å². The monoisotopic (exact) mass is 622 g/mol. The lowest BCUT2D eigenvalue weighted by atomic mass is 10.1. The van der Waals surface area contributed by atoms with Gasteiger partial charge in [0.05, 0.1) is 19.9 Å². The van der Waals surface area contributed by atoms with E-state index in [1.54, 1.807) is 6.07 Å². The molecule has 0 radical (unpaired) electrons. The van der Waals surface area contributed by atoms with Gasteiger partial charge in [0.1, 0.15) is 34.5 Å². The van der Waals surface area contributed by atoms with E-state index in [0.717, 1.165) is 33.5 Å². The van der Waals surface area contributed by atoms with Crippen molar-refractivity contribution < 1.29 is 39.8 Å². The van der Waals surface area contributed by atoms with Crippen molar-refractivity contribution in [2.75, 3.05) is 18.4 Å². The first-order valence-electron chi connectivity index (χ1n) is 12.1. The van der Waals surface area contributed by atoms with Gasteiger partial charge in [-0.3, -0.25) is 18.6 Å². The maximum absolute atomic E-state index is 14.2. The smallest absolute Gasteiger partial charge is 0.435 e. The van der Waals surface area contributed by atoms with Gasteiger partial charge in [-0.15, -0.1) is 0 Å². The van der Waals surface area contributed by atoms with Crippen LogP contribution in [-0.4, -0.2) is 46.3 Å². The maximum Gasteiger partial charge on any atom is 0.435 e. The van der Waals surface area contributed by atoms with Gasteiger partial charge in [0.25, 0.3) is 15.6 Å². The minimum atomic E-state index is -4.59. The summed E-state index contributed by atoms with van der Waals surface area (Å²) in [6, 6.07) is 7.24. The number of anilines is 1. The highest BCUT2D eigenvalue weighted by Crippen LogP contribution is 2.31. The van der Waals surface area contributed by atoms with Gasteiger partial charge >= 0.3 is 6.18 Å². The summed E-state index contributed by atoms with van der Waals surface area (Å²) in [7, 11) is -3.29. The number of ether oxygens (including phenoxy) is 2. The summed E-state index contributed by atoms with van der Waals surface area (Å²) in [5.74, 6) is -2.58. The molecule has 0 aliphatic rings. The lowest BCUT2D eigenvalue weighted by Crippen LogP contribution is -2.20. The second-order valence-corrected chi connectivity index (χ2v) is 10.5. The van der Waals surface area contributed by atoms with E-state index in [1.807, 2.05) is 0 Å². The van der Waals surface area contributed by atoms with Crippen LogP contribution in [-0.2, 0) is 22.7 Å². The van der Waals surface area contributed by atoms with Crippen LogP contribution in [0.3, 0.4) is 0 Å². The van der Waals surface area contributed by atoms with Crippen LogP contribution in [0.5, 0.6) is 11.6 Å². The highest BCUT2D eigenvalue weighted by Gasteiger charge is 2.33. The summed E-state index contributed by atoms with van der Waals surface area (Å²) in [6.45, 7) is -0.251. The summed E-state index contributed by atoms with van der Waals surface area (Å²) in [6.07, 6.45) is 0.460. The molecule has 0 spiro atoms. The minimum absolute atomic E-state index is 0.0731. The first-order valence-corrected chi connectivity index (χ1v) is 13.6. The average molecular weight is 623 g/mol. The summed E-state index contributed by atoms with van der Waals surface area (Å²) in [5.41, 5.74) is -0.918. The molecule has 0 aliphatic carbocycles. The van der Waals surface area contributed by atoms with E-state index in [-0.39, 0.29) is 36.1 Å². The molecule has 0 atom stereocenters. The molecule has 4 heterocycles. The molecule has 17 heteroatoms. The Kier molecular flexibility index (Phi) is 7.74. The summed E-state index contributed by atoms with van der Waals surface area (Å²) in [5, 5.41) is 3.42. The van der Waals surface area contributed by atoms with E-state index in [0.29, 0.717) is 17.2 Å². The summed E-state index contributed by atoms with van der Waals surface area (Å²) < 4.78 is 106. The number of nitrogens with one attached hydrogen (secondary N) is 1. The molecule has 0 fully saturated rings. The lowest BCUT2D eigenvalue weighted by Gasteiger charge is -2.13. The Labute approximate surface area is 239 Å². The van der Waals surface area contributed by atoms with Crippen LogP contribution in [0.2, 0.25) is 0 Å². The molecule has 43 heavy (non-hydrogen) atoms. The topological polar surface area (TPSA) is 130 Å². The Morgan fingerprint density at radius 3 is 2.49 bits per heavy atom. The number of benzene rings is 1. The SMILES string of the molecule is COc1ncc(-c2ccc3ncc(OCCn4ccc(C(F)(F)F)n4)c(=O)n3c2)cc1NS(=O)(=O)c1ccc(F)cc1F. The van der Waals surface area contributed by atoms with Gasteiger partial charge in [0, 0.05) is 35.8 Å². The Morgan fingerprint density at radius 1 is 1.00 bits per heavy atom. The van der Waals surface area contributed by atoms with E-state index >= 15 is 0 Å². The van der Waals surface area contributed by atoms with Gasteiger partial charge in [-0.25, -0.2) is 27.2 Å². The van der Waals surface area contributed by atoms with Crippen molar-refractivity contribution in [2.24, 2.45) is 0 Å². The molecule has 1 aromatic carbocycles. The molecule has 1 N–H and O–H groups in total. The molecule has 0 aliphatic heterocycles. The number of aromatic nitrogens is 5. The first kappa shape index (κ1) is 29.4. The Balaban J connectivity index is 1.40. The highest BCUT2D eigenvalue weighted by atomic mass is 32.2. The highest BCUT2D eigenvalue weighted by molar-refractivity contribution is 7.92. The molecule has 4 aromatic heterocycles. The van der Waals surface area contributed by atoms with E-state index in [9.17, 15) is 35.2 Å². The van der Waals surface area contributed by atoms with Crippen LogP contribution in [0.1, 0.15) is 5.69 Å². The van der Waals surface area contributed by atoms with Gasteiger partial charge in [-0.2, -0.15) is 18.3 Å². The zero-order chi connectivity index (χ0) is 30.9. The fourth-order valence-electron chi connectivity index (χ4n) is 3.95. The van der Waals surface area contributed by atoms with E-state index in [1.165, 1.54) is 37.8 Å². The van der Waals surface area contributed by atoms with Crippen LogP contribution in [0.4, 0.5) is 27.6 Å². The third kappa shape index (κ3) is 6.25. The summed E-state index contributed by atoms with van der Waals surface area (Å²) >= 11 is 0. The van der Waals surface area contributed by atoms with E-state index in [2.05, 4.69) is 19.8 Å². The number of hydrogen-bond donors (Lipinski definition) is 1. The number of pyridine rings is 2. The van der Waals surface area contributed by atoms with Crippen molar-refractivity contribution in [2.45, 2.75) is 17.6 Å². The number of alkyl halides is 3. The molecule has 5 rings (SSSR count). The van der Waals surface area contributed by atoms with Gasteiger partial charge < -0.3 is 9.47 Å². The molecule has 0 bridgehead atoms. The summed E-state index contributed by atoms with van der Waals surface area (Å²) in [4.78, 5) is 20.5. The van der Waals surface area contributed by atoms with Gasteiger partial charge in [-0.05, 0) is 36.4 Å². The van der Waals surface area contributed by atoms with Gasteiger partial charge in [0.2, 0.25) is 11.6 Å². The third-order valence-corrected chi connectivity index (χ3v) is 7.38. The van der Waals surface area contributed by atoms with E-state index in [4.69, 9.17) is 9.47 Å². The zero-order valence-corrected chi connectivity index (χ0v) is 22.7. The zero-order valence-electron chi connectivity index (χ0n) is 21.8. The number of nitrogens with zero attached hydrogens (tertiary/aromatic N) is 5. The van der Waals surface area contributed by atoms with Crippen LogP contribution in [0.25, 0.3) is 16.8 Å². The largest absolute Gasteiger partial charge is 0.485 e. The maximum atomic E-state index is 14.2. The quantitative estimate of drug-likeness (QED) is 0.243. The molecule has 0 unspecified atom stereocenters. The molecule has 0 saturated carbocycles. The van der Waals surface area contributed by atoms with Crippen molar-refractivity contribution in [3.8, 4) is 22.8 Å². The van der Waals surface area contributed by atoms with Crippen LogP contribution in [0, 0.1) is 11.6 Å². The standard InChI is InChI=1S/C26H19F5N6O5S/c1-41-24-19(35-43(39,40)21-4-3-17(27)11-18(21)28)10-16(12-33-24)15-2-5-23-32-13-20(25(38)37(23)14-15)42-9-8-36-7-6-22(34-36)26(29,30)31/h2-7,10-14,35H,8-9H2,1H3. The molecular weight excluding hydrogens is 603 g/mol. The Morgan fingerprint density at radius 2 is 1.79 bits per heavy atom. The van der Waals surface area contributed by atoms with Gasteiger partial charge in [0.15, 0.2) is 5.69 Å². The fourth-order valence-corrected chi connectivity index (χ4v) is 5.06.